The number of thiazole rings is 1. The van der Waals surface area contributed by atoms with Gasteiger partial charge in [-0.3, -0.25) is 9.69 Å². The van der Waals surface area contributed by atoms with E-state index in [1.807, 2.05) is 19.0 Å². The summed E-state index contributed by atoms with van der Waals surface area (Å²) in [6.07, 6.45) is 3.30. The zero-order chi connectivity index (χ0) is 17.3. The van der Waals surface area contributed by atoms with E-state index >= 15 is 0 Å². The number of imidazole rings is 1. The number of rotatable bonds is 5. The van der Waals surface area contributed by atoms with Crippen LogP contribution in [0.2, 0.25) is 0 Å². The van der Waals surface area contributed by atoms with E-state index in [4.69, 9.17) is 0 Å². The molecule has 0 fully saturated rings. The van der Waals surface area contributed by atoms with Crippen LogP contribution in [0.15, 0.2) is 30.6 Å². The molecule has 3 aromatic rings. The molecule has 8 heteroatoms. The highest BCUT2D eigenvalue weighted by atomic mass is 32.1. The molecular formula is C16H18FN5OS. The summed E-state index contributed by atoms with van der Waals surface area (Å²) in [5.74, 6) is -0.302. The van der Waals surface area contributed by atoms with Gasteiger partial charge >= 0.3 is 0 Å². The summed E-state index contributed by atoms with van der Waals surface area (Å²) in [5.41, 5.74) is 0.292. The molecule has 0 aliphatic heterocycles. The summed E-state index contributed by atoms with van der Waals surface area (Å²) in [7, 11) is 5.63. The predicted molar refractivity (Wildman–Crippen MR) is 93.0 cm³/mol. The van der Waals surface area contributed by atoms with E-state index in [0.717, 1.165) is 0 Å². The summed E-state index contributed by atoms with van der Waals surface area (Å²) in [6.45, 7) is 1.11. The van der Waals surface area contributed by atoms with Crippen molar-refractivity contribution in [3.8, 4) is 0 Å². The zero-order valence-corrected chi connectivity index (χ0v) is 14.5. The van der Waals surface area contributed by atoms with Crippen LogP contribution in [-0.4, -0.2) is 52.5 Å². The molecule has 24 heavy (non-hydrogen) atoms. The van der Waals surface area contributed by atoms with Crippen LogP contribution in [-0.2, 0) is 7.05 Å². The van der Waals surface area contributed by atoms with Gasteiger partial charge in [-0.25, -0.2) is 14.4 Å². The van der Waals surface area contributed by atoms with Crippen LogP contribution < -0.4 is 4.90 Å². The summed E-state index contributed by atoms with van der Waals surface area (Å²) in [4.78, 5) is 24.9. The molecule has 2 heterocycles. The molecule has 0 spiro atoms. The normalized spacial score (nSPS) is 11.4. The van der Waals surface area contributed by atoms with E-state index in [1.165, 1.54) is 17.4 Å². The summed E-state index contributed by atoms with van der Waals surface area (Å²) in [6, 6.07) is 4.82. The molecule has 0 radical (unpaired) electrons. The minimum Gasteiger partial charge on any atom is -0.330 e. The first-order valence-electron chi connectivity index (χ1n) is 7.46. The number of likely N-dealkylation sites (N-methyl/N-ethyl adjacent to an activating group) is 1. The minimum absolute atomic E-state index is 0.246. The number of carbonyl (C=O) groups is 1. The second kappa shape index (κ2) is 6.66. The average Bonchev–Trinajstić information content (AvgIpc) is 3.14. The summed E-state index contributed by atoms with van der Waals surface area (Å²) < 4.78 is 16.3. The van der Waals surface area contributed by atoms with E-state index in [0.29, 0.717) is 34.3 Å². The number of hydrogen-bond donors (Lipinski definition) is 0. The Morgan fingerprint density at radius 2 is 2.12 bits per heavy atom. The lowest BCUT2D eigenvalue weighted by atomic mass is 10.3. The number of benzene rings is 1. The number of anilines is 1. The Labute approximate surface area is 143 Å². The average molecular weight is 347 g/mol. The molecule has 0 aliphatic rings. The van der Waals surface area contributed by atoms with Gasteiger partial charge in [0.1, 0.15) is 11.3 Å². The molecule has 0 N–H and O–H groups in total. The molecule has 0 saturated carbocycles. The Hall–Kier alpha value is -2.32. The first-order chi connectivity index (χ1) is 11.5. The predicted octanol–water partition coefficient (Wildman–Crippen LogP) is 2.38. The van der Waals surface area contributed by atoms with Crippen LogP contribution in [0.4, 0.5) is 9.52 Å². The number of aryl methyl sites for hydroxylation is 1. The third kappa shape index (κ3) is 3.15. The molecule has 0 bridgehead atoms. The highest BCUT2D eigenvalue weighted by Crippen LogP contribution is 2.30. The molecule has 1 aromatic carbocycles. The van der Waals surface area contributed by atoms with Gasteiger partial charge < -0.3 is 9.47 Å². The van der Waals surface area contributed by atoms with Gasteiger partial charge in [0.25, 0.3) is 5.91 Å². The molecule has 126 valence electrons. The van der Waals surface area contributed by atoms with Gasteiger partial charge in [-0.15, -0.1) is 0 Å². The number of nitrogens with zero attached hydrogens (tertiary/aromatic N) is 5. The van der Waals surface area contributed by atoms with Crippen molar-refractivity contribution in [3.63, 3.8) is 0 Å². The van der Waals surface area contributed by atoms with Gasteiger partial charge in [0.15, 0.2) is 11.0 Å². The minimum atomic E-state index is -0.382. The summed E-state index contributed by atoms with van der Waals surface area (Å²) >= 11 is 1.30. The lowest BCUT2D eigenvalue weighted by Gasteiger charge is -2.21. The smallest absolute Gasteiger partial charge is 0.296 e. The fourth-order valence-corrected chi connectivity index (χ4v) is 3.30. The molecule has 6 nitrogen and oxygen atoms in total. The lowest BCUT2D eigenvalue weighted by Crippen LogP contribution is -2.38. The van der Waals surface area contributed by atoms with Gasteiger partial charge in [0.05, 0.1) is 4.70 Å². The molecular weight excluding hydrogens is 329 g/mol. The van der Waals surface area contributed by atoms with Gasteiger partial charge in [0.2, 0.25) is 0 Å². The maximum absolute atomic E-state index is 13.9. The number of halogens is 1. The highest BCUT2D eigenvalue weighted by Gasteiger charge is 2.24. The van der Waals surface area contributed by atoms with E-state index < -0.39 is 0 Å². The van der Waals surface area contributed by atoms with Crippen molar-refractivity contribution in [2.75, 3.05) is 32.1 Å². The number of aromatic nitrogens is 3. The van der Waals surface area contributed by atoms with Crippen LogP contribution >= 0.6 is 11.3 Å². The van der Waals surface area contributed by atoms with E-state index in [-0.39, 0.29) is 11.7 Å². The largest absolute Gasteiger partial charge is 0.330 e. The molecule has 1 amide bonds. The third-order valence-corrected chi connectivity index (χ3v) is 4.66. The summed E-state index contributed by atoms with van der Waals surface area (Å²) in [5, 5.41) is 0.477. The first kappa shape index (κ1) is 16.5. The Morgan fingerprint density at radius 1 is 1.33 bits per heavy atom. The molecule has 3 rings (SSSR count). The highest BCUT2D eigenvalue weighted by molar-refractivity contribution is 7.22. The van der Waals surface area contributed by atoms with E-state index in [9.17, 15) is 9.18 Å². The first-order valence-corrected chi connectivity index (χ1v) is 8.28. The molecule has 0 aliphatic carbocycles. The van der Waals surface area contributed by atoms with Crippen molar-refractivity contribution in [1.29, 1.82) is 0 Å². The molecule has 2 aromatic heterocycles. The van der Waals surface area contributed by atoms with Gasteiger partial charge in [-0.05, 0) is 26.2 Å². The number of hydrogen-bond acceptors (Lipinski definition) is 5. The number of amides is 1. The van der Waals surface area contributed by atoms with Gasteiger partial charge in [0, 0.05) is 32.5 Å². The van der Waals surface area contributed by atoms with Crippen LogP contribution in [0.25, 0.3) is 10.2 Å². The van der Waals surface area contributed by atoms with Crippen molar-refractivity contribution in [1.82, 2.24) is 19.4 Å². The molecule has 0 unspecified atom stereocenters. The maximum Gasteiger partial charge on any atom is 0.296 e. The third-order valence-electron chi connectivity index (χ3n) is 3.62. The van der Waals surface area contributed by atoms with Crippen molar-refractivity contribution in [2.45, 2.75) is 0 Å². The number of carbonyl (C=O) groups excluding carboxylic acids is 1. The van der Waals surface area contributed by atoms with Crippen molar-refractivity contribution >= 4 is 32.6 Å². The van der Waals surface area contributed by atoms with Gasteiger partial charge in [-0.1, -0.05) is 17.4 Å². The molecule has 0 atom stereocenters. The lowest BCUT2D eigenvalue weighted by molar-refractivity contribution is 0.0972. The van der Waals surface area contributed by atoms with Crippen LogP contribution in [0.3, 0.4) is 0 Å². The molecule has 0 saturated heterocycles. The quantitative estimate of drug-likeness (QED) is 0.711. The Bertz CT molecular complexity index is 872. The topological polar surface area (TPSA) is 54.3 Å². The second-order valence-corrected chi connectivity index (χ2v) is 6.71. The number of fused-ring (bicyclic) bond motifs is 1. The van der Waals surface area contributed by atoms with Crippen LogP contribution in [0.5, 0.6) is 0 Å². The van der Waals surface area contributed by atoms with E-state index in [2.05, 4.69) is 9.97 Å². The fraction of sp³-hybridized carbons (Fsp3) is 0.312. The monoisotopic (exact) mass is 347 g/mol. The van der Waals surface area contributed by atoms with Gasteiger partial charge in [-0.2, -0.15) is 0 Å². The van der Waals surface area contributed by atoms with Crippen molar-refractivity contribution < 1.29 is 9.18 Å². The zero-order valence-electron chi connectivity index (χ0n) is 13.7. The Balaban J connectivity index is 2.01. The van der Waals surface area contributed by atoms with Crippen molar-refractivity contribution in [3.05, 3.63) is 42.2 Å². The fourth-order valence-electron chi connectivity index (χ4n) is 2.30. The van der Waals surface area contributed by atoms with Crippen LogP contribution in [0, 0.1) is 5.82 Å². The SMILES string of the molecule is CN(C)CCN(C(=O)c1nccn1C)c1nc2c(F)cccc2s1. The second-order valence-electron chi connectivity index (χ2n) is 5.70. The standard InChI is InChI=1S/C16H18FN5OS/c1-20(2)9-10-22(15(23)14-18-7-8-21(14)3)16-19-13-11(17)5-4-6-12(13)24-16/h4-8H,9-10H2,1-3H3. The van der Waals surface area contributed by atoms with Crippen LogP contribution in [0.1, 0.15) is 10.6 Å². The van der Waals surface area contributed by atoms with E-state index in [1.54, 1.807) is 41.0 Å². The maximum atomic E-state index is 13.9. The Morgan fingerprint density at radius 3 is 2.75 bits per heavy atom. The Kier molecular flexibility index (Phi) is 4.59. The number of para-hydroxylation sites is 1. The van der Waals surface area contributed by atoms with Crippen molar-refractivity contribution in [2.24, 2.45) is 7.05 Å².